The maximum atomic E-state index is 5.85. The van der Waals surface area contributed by atoms with Crippen LogP contribution in [0.25, 0.3) is 0 Å². The molecule has 0 bridgehead atoms. The number of rotatable bonds is 3. The molecule has 0 saturated heterocycles. The molecule has 1 aromatic rings. The molecule has 0 fully saturated rings. The molecule has 0 aliphatic carbocycles. The Morgan fingerprint density at radius 1 is 1.07 bits per heavy atom. The van der Waals surface area contributed by atoms with E-state index in [9.17, 15) is 0 Å². The summed E-state index contributed by atoms with van der Waals surface area (Å²) in [6.45, 7) is 6.32. The summed E-state index contributed by atoms with van der Waals surface area (Å²) in [6.07, 6.45) is 0. The van der Waals surface area contributed by atoms with Gasteiger partial charge < -0.3 is 10.5 Å². The summed E-state index contributed by atoms with van der Waals surface area (Å²) >= 11 is 0. The summed E-state index contributed by atoms with van der Waals surface area (Å²) in [5, 5.41) is 0. The summed E-state index contributed by atoms with van der Waals surface area (Å²) < 4.78 is 5.24. The molecule has 0 radical (unpaired) electrons. The molecule has 0 spiro atoms. The van der Waals surface area contributed by atoms with Gasteiger partial charge in [-0.1, -0.05) is 19.9 Å². The first kappa shape index (κ1) is 11.1. The van der Waals surface area contributed by atoms with Crippen LogP contribution >= 0.6 is 0 Å². The summed E-state index contributed by atoms with van der Waals surface area (Å²) in [5.41, 5.74) is 8.26. The Balaban J connectivity index is 3.13. The minimum absolute atomic E-state index is 0.0580. The molecule has 0 aliphatic rings. The van der Waals surface area contributed by atoms with Crippen LogP contribution in [0.5, 0.6) is 5.75 Å². The van der Waals surface area contributed by atoms with Gasteiger partial charge in [0.1, 0.15) is 5.75 Å². The molecule has 2 heteroatoms. The van der Waals surface area contributed by atoms with Crippen LogP contribution in [0.3, 0.4) is 0 Å². The fourth-order valence-electron chi connectivity index (χ4n) is 1.36. The minimum atomic E-state index is 0.0580. The number of hydrogen-bond acceptors (Lipinski definition) is 2. The predicted molar refractivity (Wildman–Crippen MR) is 59.7 cm³/mol. The van der Waals surface area contributed by atoms with Gasteiger partial charge in [0.25, 0.3) is 0 Å². The number of hydrogen-bond donors (Lipinski definition) is 1. The van der Waals surface area contributed by atoms with Gasteiger partial charge in [0.15, 0.2) is 0 Å². The van der Waals surface area contributed by atoms with Gasteiger partial charge in [0.05, 0.1) is 7.11 Å². The average Bonchev–Trinajstić information content (AvgIpc) is 2.16. The lowest BCUT2D eigenvalue weighted by molar-refractivity contribution is 0.413. The monoisotopic (exact) mass is 193 g/mol. The molecule has 2 nitrogen and oxygen atoms in total. The quantitative estimate of drug-likeness (QED) is 0.801. The van der Waals surface area contributed by atoms with Crippen LogP contribution in [0.15, 0.2) is 18.2 Å². The fraction of sp³-hybridized carbons (Fsp3) is 0.500. The summed E-state index contributed by atoms with van der Waals surface area (Å²) in [7, 11) is 1.68. The lowest BCUT2D eigenvalue weighted by Gasteiger charge is -2.13. The van der Waals surface area contributed by atoms with Crippen molar-refractivity contribution in [2.24, 2.45) is 5.73 Å². The maximum absolute atomic E-state index is 5.85. The highest BCUT2D eigenvalue weighted by molar-refractivity contribution is 5.37. The number of methoxy groups -OCH3 is 1. The van der Waals surface area contributed by atoms with E-state index in [-0.39, 0.29) is 6.04 Å². The highest BCUT2D eigenvalue weighted by atomic mass is 16.5. The average molecular weight is 193 g/mol. The second-order valence-electron chi connectivity index (χ2n) is 3.98. The van der Waals surface area contributed by atoms with E-state index in [4.69, 9.17) is 10.5 Å². The van der Waals surface area contributed by atoms with Crippen molar-refractivity contribution in [3.8, 4) is 5.75 Å². The van der Waals surface area contributed by atoms with Crippen molar-refractivity contribution in [3.05, 3.63) is 29.3 Å². The normalized spacial score (nSPS) is 13.0. The zero-order chi connectivity index (χ0) is 10.7. The minimum Gasteiger partial charge on any atom is -0.497 e. The molecule has 0 heterocycles. The third-order valence-electron chi connectivity index (χ3n) is 2.38. The topological polar surface area (TPSA) is 35.2 Å². The third kappa shape index (κ3) is 2.48. The first-order chi connectivity index (χ1) is 6.54. The Bertz CT molecular complexity index is 279. The largest absolute Gasteiger partial charge is 0.497 e. The van der Waals surface area contributed by atoms with Crippen molar-refractivity contribution in [1.29, 1.82) is 0 Å². The molecule has 1 unspecified atom stereocenters. The van der Waals surface area contributed by atoms with Crippen molar-refractivity contribution in [2.45, 2.75) is 32.7 Å². The number of nitrogens with two attached hydrogens (primary N) is 1. The van der Waals surface area contributed by atoms with Gasteiger partial charge >= 0.3 is 0 Å². The second-order valence-corrected chi connectivity index (χ2v) is 3.98. The molecule has 14 heavy (non-hydrogen) atoms. The van der Waals surface area contributed by atoms with Gasteiger partial charge in [0, 0.05) is 6.04 Å². The zero-order valence-corrected chi connectivity index (χ0v) is 9.37. The van der Waals surface area contributed by atoms with E-state index in [0.29, 0.717) is 5.92 Å². The Morgan fingerprint density at radius 3 is 2.07 bits per heavy atom. The molecular weight excluding hydrogens is 174 g/mol. The first-order valence-electron chi connectivity index (χ1n) is 4.99. The first-order valence-corrected chi connectivity index (χ1v) is 4.99. The van der Waals surface area contributed by atoms with Gasteiger partial charge in [-0.2, -0.15) is 0 Å². The molecule has 1 atom stereocenters. The predicted octanol–water partition coefficient (Wildman–Crippen LogP) is 2.84. The molecular formula is C12H19NO. The summed E-state index contributed by atoms with van der Waals surface area (Å²) in [6, 6.07) is 6.27. The fourth-order valence-corrected chi connectivity index (χ4v) is 1.36. The van der Waals surface area contributed by atoms with E-state index in [1.54, 1.807) is 7.11 Å². The van der Waals surface area contributed by atoms with Crippen LogP contribution in [-0.2, 0) is 0 Å². The van der Waals surface area contributed by atoms with Crippen molar-refractivity contribution in [1.82, 2.24) is 0 Å². The van der Waals surface area contributed by atoms with E-state index in [1.165, 1.54) is 5.56 Å². The van der Waals surface area contributed by atoms with E-state index in [2.05, 4.69) is 26.0 Å². The SMILES string of the molecule is COc1cc(C(C)C)cc(C(C)N)c1. The van der Waals surface area contributed by atoms with Gasteiger partial charge in [0.2, 0.25) is 0 Å². The van der Waals surface area contributed by atoms with Crippen molar-refractivity contribution >= 4 is 0 Å². The van der Waals surface area contributed by atoms with E-state index < -0.39 is 0 Å². The second kappa shape index (κ2) is 4.47. The summed E-state index contributed by atoms with van der Waals surface area (Å²) in [4.78, 5) is 0. The van der Waals surface area contributed by atoms with Crippen LogP contribution in [0.4, 0.5) is 0 Å². The highest BCUT2D eigenvalue weighted by Crippen LogP contribution is 2.25. The Morgan fingerprint density at radius 2 is 1.64 bits per heavy atom. The highest BCUT2D eigenvalue weighted by Gasteiger charge is 2.07. The Hall–Kier alpha value is -1.02. The molecule has 0 aliphatic heterocycles. The molecule has 78 valence electrons. The van der Waals surface area contributed by atoms with Crippen molar-refractivity contribution in [2.75, 3.05) is 7.11 Å². The molecule has 1 rings (SSSR count). The maximum Gasteiger partial charge on any atom is 0.119 e. The van der Waals surface area contributed by atoms with Crippen LogP contribution < -0.4 is 10.5 Å². The third-order valence-corrected chi connectivity index (χ3v) is 2.38. The standard InChI is InChI=1S/C12H19NO/c1-8(2)10-5-11(9(3)13)7-12(6-10)14-4/h5-9H,13H2,1-4H3. The molecule has 2 N–H and O–H groups in total. The Labute approximate surface area is 86.1 Å². The Kier molecular flexibility index (Phi) is 3.53. The molecule has 1 aromatic carbocycles. The van der Waals surface area contributed by atoms with Gasteiger partial charge in [-0.3, -0.25) is 0 Å². The lowest BCUT2D eigenvalue weighted by atomic mass is 9.98. The van der Waals surface area contributed by atoms with Crippen molar-refractivity contribution < 1.29 is 4.74 Å². The molecule has 0 aromatic heterocycles. The van der Waals surface area contributed by atoms with Crippen LogP contribution in [0.2, 0.25) is 0 Å². The molecule has 0 saturated carbocycles. The van der Waals surface area contributed by atoms with E-state index >= 15 is 0 Å². The van der Waals surface area contributed by atoms with E-state index in [0.717, 1.165) is 11.3 Å². The zero-order valence-electron chi connectivity index (χ0n) is 9.37. The summed E-state index contributed by atoms with van der Waals surface area (Å²) in [5.74, 6) is 1.39. The van der Waals surface area contributed by atoms with Crippen LogP contribution in [0, 0.1) is 0 Å². The number of ether oxygens (including phenoxy) is 1. The van der Waals surface area contributed by atoms with Crippen LogP contribution in [-0.4, -0.2) is 7.11 Å². The van der Waals surface area contributed by atoms with Gasteiger partial charge in [-0.25, -0.2) is 0 Å². The smallest absolute Gasteiger partial charge is 0.119 e. The van der Waals surface area contributed by atoms with Gasteiger partial charge in [-0.05, 0) is 36.1 Å². The van der Waals surface area contributed by atoms with E-state index in [1.807, 2.05) is 13.0 Å². The van der Waals surface area contributed by atoms with Crippen LogP contribution in [0.1, 0.15) is 43.9 Å². The van der Waals surface area contributed by atoms with Crippen molar-refractivity contribution in [3.63, 3.8) is 0 Å². The lowest BCUT2D eigenvalue weighted by Crippen LogP contribution is -2.06. The molecule has 0 amide bonds. The van der Waals surface area contributed by atoms with Gasteiger partial charge in [-0.15, -0.1) is 0 Å². The number of benzene rings is 1.